The molecular weight excluding hydrogens is 350 g/mol. The average molecular weight is 375 g/mol. The standard InChI is InChI=1S/C23H25N3O2/c1-23(28)11-14-25(17-20(23)15-18-7-3-2-4-8-18)22(27)19-9-5-10-21(16-19)26-13-6-12-24-26/h2-10,12-13,16,20,28H,11,14-15,17H2,1H3/t20-,23+/m0/s1. The molecule has 0 bridgehead atoms. The molecule has 1 aliphatic rings. The molecule has 4 rings (SSSR count). The first-order valence-electron chi connectivity index (χ1n) is 9.68. The third-order valence-electron chi connectivity index (χ3n) is 5.68. The molecule has 0 saturated carbocycles. The summed E-state index contributed by atoms with van der Waals surface area (Å²) in [4.78, 5) is 15.0. The first-order chi connectivity index (χ1) is 13.5. The summed E-state index contributed by atoms with van der Waals surface area (Å²) in [7, 11) is 0. The van der Waals surface area contributed by atoms with Gasteiger partial charge in [-0.2, -0.15) is 5.10 Å². The normalized spacial score (nSPS) is 22.2. The van der Waals surface area contributed by atoms with Crippen LogP contribution in [0, 0.1) is 5.92 Å². The van der Waals surface area contributed by atoms with Crippen molar-refractivity contribution in [1.29, 1.82) is 0 Å². The molecule has 0 aliphatic carbocycles. The van der Waals surface area contributed by atoms with E-state index in [1.54, 1.807) is 10.9 Å². The van der Waals surface area contributed by atoms with Crippen LogP contribution in [0.2, 0.25) is 0 Å². The van der Waals surface area contributed by atoms with Crippen LogP contribution in [0.4, 0.5) is 0 Å². The molecule has 1 N–H and O–H groups in total. The maximum atomic E-state index is 13.1. The van der Waals surface area contributed by atoms with Crippen LogP contribution in [0.3, 0.4) is 0 Å². The fraction of sp³-hybridized carbons (Fsp3) is 0.304. The Morgan fingerprint density at radius 3 is 2.75 bits per heavy atom. The number of hydrogen-bond donors (Lipinski definition) is 1. The largest absolute Gasteiger partial charge is 0.390 e. The molecule has 2 heterocycles. The Hall–Kier alpha value is -2.92. The van der Waals surface area contributed by atoms with Crippen molar-refractivity contribution >= 4 is 5.91 Å². The fourth-order valence-electron chi connectivity index (χ4n) is 3.87. The van der Waals surface area contributed by atoms with Crippen LogP contribution in [-0.4, -0.2) is 44.4 Å². The molecule has 1 saturated heterocycles. The van der Waals surface area contributed by atoms with E-state index in [1.165, 1.54) is 5.56 Å². The number of amides is 1. The van der Waals surface area contributed by atoms with Gasteiger partial charge < -0.3 is 10.0 Å². The highest BCUT2D eigenvalue weighted by Gasteiger charge is 2.39. The molecule has 3 aromatic rings. The van der Waals surface area contributed by atoms with Crippen LogP contribution in [0.5, 0.6) is 0 Å². The number of carbonyl (C=O) groups is 1. The molecule has 0 spiro atoms. The maximum Gasteiger partial charge on any atom is 0.253 e. The molecular formula is C23H25N3O2. The van der Waals surface area contributed by atoms with Crippen LogP contribution in [0.15, 0.2) is 73.1 Å². The lowest BCUT2D eigenvalue weighted by molar-refractivity contribution is -0.0507. The van der Waals surface area contributed by atoms with Crippen LogP contribution < -0.4 is 0 Å². The summed E-state index contributed by atoms with van der Waals surface area (Å²) in [6.45, 7) is 3.00. The topological polar surface area (TPSA) is 58.4 Å². The first kappa shape index (κ1) is 18.4. The molecule has 144 valence electrons. The average Bonchev–Trinajstić information content (AvgIpc) is 3.25. The van der Waals surface area contributed by atoms with E-state index >= 15 is 0 Å². The summed E-state index contributed by atoms with van der Waals surface area (Å²) in [6.07, 6.45) is 4.91. The van der Waals surface area contributed by atoms with E-state index in [0.717, 1.165) is 12.1 Å². The molecule has 2 aromatic carbocycles. The molecule has 0 unspecified atom stereocenters. The number of carbonyl (C=O) groups excluding carboxylic acids is 1. The van der Waals surface area contributed by atoms with E-state index in [0.29, 0.717) is 25.1 Å². The molecule has 1 amide bonds. The van der Waals surface area contributed by atoms with Crippen LogP contribution in [0.1, 0.15) is 29.3 Å². The fourth-order valence-corrected chi connectivity index (χ4v) is 3.87. The molecule has 5 heteroatoms. The molecule has 1 fully saturated rings. The van der Waals surface area contributed by atoms with Crippen molar-refractivity contribution < 1.29 is 9.90 Å². The Balaban J connectivity index is 1.52. The van der Waals surface area contributed by atoms with E-state index in [1.807, 2.05) is 66.6 Å². The molecule has 1 aliphatic heterocycles. The van der Waals surface area contributed by atoms with Gasteiger partial charge in [-0.3, -0.25) is 4.79 Å². The van der Waals surface area contributed by atoms with Crippen LogP contribution in [0.25, 0.3) is 5.69 Å². The third kappa shape index (κ3) is 3.85. The molecule has 5 nitrogen and oxygen atoms in total. The summed E-state index contributed by atoms with van der Waals surface area (Å²) >= 11 is 0. The Bertz CT molecular complexity index is 936. The number of piperidine rings is 1. The van der Waals surface area contributed by atoms with Crippen molar-refractivity contribution in [2.45, 2.75) is 25.4 Å². The minimum atomic E-state index is -0.774. The van der Waals surface area contributed by atoms with E-state index < -0.39 is 5.60 Å². The minimum absolute atomic E-state index is 0.00176. The number of benzene rings is 2. The maximum absolute atomic E-state index is 13.1. The summed E-state index contributed by atoms with van der Waals surface area (Å²) in [5, 5.41) is 15.1. The predicted octanol–water partition coefficient (Wildman–Crippen LogP) is 3.33. The minimum Gasteiger partial charge on any atom is -0.390 e. The summed E-state index contributed by atoms with van der Waals surface area (Å²) < 4.78 is 1.75. The van der Waals surface area contributed by atoms with E-state index in [2.05, 4.69) is 17.2 Å². The predicted molar refractivity (Wildman–Crippen MR) is 108 cm³/mol. The zero-order valence-electron chi connectivity index (χ0n) is 16.0. The van der Waals surface area contributed by atoms with Crippen molar-refractivity contribution in [3.63, 3.8) is 0 Å². The highest BCUT2D eigenvalue weighted by atomic mass is 16.3. The quantitative estimate of drug-likeness (QED) is 0.761. The Morgan fingerprint density at radius 1 is 1.18 bits per heavy atom. The summed E-state index contributed by atoms with van der Waals surface area (Å²) in [6, 6.07) is 19.5. The number of aliphatic hydroxyl groups is 1. The number of likely N-dealkylation sites (tertiary alicyclic amines) is 1. The van der Waals surface area contributed by atoms with Crippen LogP contribution >= 0.6 is 0 Å². The van der Waals surface area contributed by atoms with Gasteiger partial charge in [0.25, 0.3) is 5.91 Å². The number of aromatic nitrogens is 2. The number of hydrogen-bond acceptors (Lipinski definition) is 3. The van der Waals surface area contributed by atoms with Gasteiger partial charge >= 0.3 is 0 Å². The van der Waals surface area contributed by atoms with Crippen molar-refractivity contribution in [3.8, 4) is 5.69 Å². The smallest absolute Gasteiger partial charge is 0.253 e. The van der Waals surface area contributed by atoms with Gasteiger partial charge in [0.1, 0.15) is 0 Å². The van der Waals surface area contributed by atoms with Gasteiger partial charge in [-0.25, -0.2) is 4.68 Å². The van der Waals surface area contributed by atoms with Gasteiger partial charge in [0, 0.05) is 37.0 Å². The molecule has 28 heavy (non-hydrogen) atoms. The van der Waals surface area contributed by atoms with Gasteiger partial charge in [-0.1, -0.05) is 36.4 Å². The van der Waals surface area contributed by atoms with Gasteiger partial charge in [0.15, 0.2) is 0 Å². The second-order valence-corrected chi connectivity index (χ2v) is 7.75. The van der Waals surface area contributed by atoms with Gasteiger partial charge in [0.05, 0.1) is 11.3 Å². The van der Waals surface area contributed by atoms with E-state index in [9.17, 15) is 9.90 Å². The van der Waals surface area contributed by atoms with Gasteiger partial charge in [-0.15, -0.1) is 0 Å². The first-order valence-corrected chi connectivity index (χ1v) is 9.68. The molecule has 2 atom stereocenters. The molecule has 0 radical (unpaired) electrons. The Kier molecular flexibility index (Phi) is 5.01. The lowest BCUT2D eigenvalue weighted by Crippen LogP contribution is -2.52. The second kappa shape index (κ2) is 7.60. The third-order valence-corrected chi connectivity index (χ3v) is 5.68. The van der Waals surface area contributed by atoms with E-state index in [4.69, 9.17) is 0 Å². The van der Waals surface area contributed by atoms with Crippen molar-refractivity contribution in [3.05, 3.63) is 84.2 Å². The summed E-state index contributed by atoms with van der Waals surface area (Å²) in [5.74, 6) is 0.00414. The highest BCUT2D eigenvalue weighted by Crippen LogP contribution is 2.31. The number of nitrogens with zero attached hydrogens (tertiary/aromatic N) is 3. The Labute approximate surface area is 165 Å². The number of rotatable bonds is 4. The van der Waals surface area contributed by atoms with Crippen molar-refractivity contribution in [2.75, 3.05) is 13.1 Å². The molecule has 1 aromatic heterocycles. The monoisotopic (exact) mass is 375 g/mol. The zero-order valence-corrected chi connectivity index (χ0v) is 16.0. The lowest BCUT2D eigenvalue weighted by Gasteiger charge is -2.43. The second-order valence-electron chi connectivity index (χ2n) is 7.75. The van der Waals surface area contributed by atoms with Gasteiger partial charge in [0.2, 0.25) is 0 Å². The lowest BCUT2D eigenvalue weighted by atomic mass is 9.78. The SMILES string of the molecule is C[C@@]1(O)CCN(C(=O)c2cccc(-n3cccn3)c2)C[C@@H]1Cc1ccccc1. The van der Waals surface area contributed by atoms with Gasteiger partial charge in [-0.05, 0) is 49.6 Å². The highest BCUT2D eigenvalue weighted by molar-refractivity contribution is 5.94. The summed E-state index contributed by atoms with van der Waals surface area (Å²) in [5.41, 5.74) is 1.92. The van der Waals surface area contributed by atoms with Crippen molar-refractivity contribution in [1.82, 2.24) is 14.7 Å². The Morgan fingerprint density at radius 2 is 2.00 bits per heavy atom. The zero-order chi connectivity index (χ0) is 19.6. The van der Waals surface area contributed by atoms with Crippen LogP contribution in [-0.2, 0) is 6.42 Å². The van der Waals surface area contributed by atoms with Crippen molar-refractivity contribution in [2.24, 2.45) is 5.92 Å². The van der Waals surface area contributed by atoms with E-state index in [-0.39, 0.29) is 11.8 Å².